The summed E-state index contributed by atoms with van der Waals surface area (Å²) in [5, 5.41) is 3.09. The number of rotatable bonds is 7. The zero-order valence-corrected chi connectivity index (χ0v) is 11.8. The van der Waals surface area contributed by atoms with Crippen molar-refractivity contribution in [2.24, 2.45) is 11.7 Å². The lowest BCUT2D eigenvalue weighted by Gasteiger charge is -2.19. The van der Waals surface area contributed by atoms with Gasteiger partial charge in [-0.2, -0.15) is 0 Å². The number of carbonyl (C=O) groups is 1. The number of nitrogens with zero attached hydrogens (tertiary/aromatic N) is 1. The summed E-state index contributed by atoms with van der Waals surface area (Å²) in [5.41, 5.74) is 6.03. The Bertz CT molecular complexity index is 435. The minimum atomic E-state index is -0.405. The van der Waals surface area contributed by atoms with Gasteiger partial charge in [-0.15, -0.1) is 0 Å². The van der Waals surface area contributed by atoms with Crippen LogP contribution in [0.1, 0.15) is 19.5 Å². The van der Waals surface area contributed by atoms with Crippen LogP contribution in [0.3, 0.4) is 0 Å². The normalized spacial score (nSPS) is 12.3. The molecule has 6 heteroatoms. The number of carbonyl (C=O) groups excluding carboxylic acids is 1. The standard InChI is InChI=1S/C13H21N3O3/c1-8(2)11(13(14)17)16-7-9-12(19-4)10(18-3)5-6-15-9/h5-6,8,11,16H,7H2,1-4H3,(H2,14,17). The molecule has 6 nitrogen and oxygen atoms in total. The molecule has 0 saturated heterocycles. The topological polar surface area (TPSA) is 86.5 Å². The van der Waals surface area contributed by atoms with Gasteiger partial charge in [-0.3, -0.25) is 15.1 Å². The Morgan fingerprint density at radius 2 is 2.11 bits per heavy atom. The van der Waals surface area contributed by atoms with E-state index < -0.39 is 6.04 Å². The minimum Gasteiger partial charge on any atom is -0.493 e. The van der Waals surface area contributed by atoms with E-state index in [4.69, 9.17) is 15.2 Å². The fourth-order valence-corrected chi connectivity index (χ4v) is 1.85. The predicted octanol–water partition coefficient (Wildman–Crippen LogP) is 0.698. The minimum absolute atomic E-state index is 0.106. The first-order valence-electron chi connectivity index (χ1n) is 6.09. The highest BCUT2D eigenvalue weighted by molar-refractivity contribution is 5.80. The summed E-state index contributed by atoms with van der Waals surface area (Å²) in [6.45, 7) is 4.24. The molecule has 0 aliphatic rings. The first kappa shape index (κ1) is 15.2. The van der Waals surface area contributed by atoms with Gasteiger partial charge in [0.2, 0.25) is 5.91 Å². The van der Waals surface area contributed by atoms with Crippen molar-refractivity contribution in [3.05, 3.63) is 18.0 Å². The van der Waals surface area contributed by atoms with Gasteiger partial charge in [-0.25, -0.2) is 0 Å². The molecule has 1 atom stereocenters. The van der Waals surface area contributed by atoms with Crippen molar-refractivity contribution in [3.63, 3.8) is 0 Å². The zero-order valence-electron chi connectivity index (χ0n) is 11.8. The van der Waals surface area contributed by atoms with Crippen molar-refractivity contribution in [2.45, 2.75) is 26.4 Å². The molecule has 0 aliphatic carbocycles. The van der Waals surface area contributed by atoms with Crippen LogP contribution < -0.4 is 20.5 Å². The SMILES string of the molecule is COc1ccnc(CNC(C(N)=O)C(C)C)c1OC. The van der Waals surface area contributed by atoms with Crippen LogP contribution >= 0.6 is 0 Å². The third-order valence-corrected chi connectivity index (χ3v) is 2.83. The maximum atomic E-state index is 11.3. The second-order valence-corrected chi connectivity index (χ2v) is 4.50. The zero-order chi connectivity index (χ0) is 14.4. The second-order valence-electron chi connectivity index (χ2n) is 4.50. The highest BCUT2D eigenvalue weighted by Gasteiger charge is 2.20. The third-order valence-electron chi connectivity index (χ3n) is 2.83. The van der Waals surface area contributed by atoms with E-state index in [1.165, 1.54) is 0 Å². The summed E-state index contributed by atoms with van der Waals surface area (Å²) in [4.78, 5) is 15.6. The van der Waals surface area contributed by atoms with Crippen molar-refractivity contribution in [3.8, 4) is 11.5 Å². The number of primary amides is 1. The third kappa shape index (κ3) is 3.82. The first-order chi connectivity index (χ1) is 9.01. The Hall–Kier alpha value is -1.82. The van der Waals surface area contributed by atoms with E-state index in [2.05, 4.69) is 10.3 Å². The first-order valence-corrected chi connectivity index (χ1v) is 6.09. The molecular formula is C13H21N3O3. The fourth-order valence-electron chi connectivity index (χ4n) is 1.85. The lowest BCUT2D eigenvalue weighted by atomic mass is 10.0. The molecule has 0 radical (unpaired) electrons. The molecule has 1 heterocycles. The number of hydrogen-bond donors (Lipinski definition) is 2. The quantitative estimate of drug-likeness (QED) is 0.759. The Kier molecular flexibility index (Phi) is 5.57. The molecule has 106 valence electrons. The van der Waals surface area contributed by atoms with E-state index in [9.17, 15) is 4.79 Å². The second kappa shape index (κ2) is 6.94. The molecule has 0 saturated carbocycles. The van der Waals surface area contributed by atoms with Crippen molar-refractivity contribution in [1.29, 1.82) is 0 Å². The van der Waals surface area contributed by atoms with E-state index >= 15 is 0 Å². The molecule has 1 aromatic rings. The van der Waals surface area contributed by atoms with Crippen molar-refractivity contribution in [1.82, 2.24) is 10.3 Å². The van der Waals surface area contributed by atoms with Crippen LogP contribution in [0.2, 0.25) is 0 Å². The number of hydrogen-bond acceptors (Lipinski definition) is 5. The Morgan fingerprint density at radius 1 is 1.42 bits per heavy atom. The Morgan fingerprint density at radius 3 is 2.58 bits per heavy atom. The summed E-state index contributed by atoms with van der Waals surface area (Å²) < 4.78 is 10.5. The Labute approximate surface area is 113 Å². The molecule has 3 N–H and O–H groups in total. The summed E-state index contributed by atoms with van der Waals surface area (Å²) >= 11 is 0. The fraction of sp³-hybridized carbons (Fsp3) is 0.538. The van der Waals surface area contributed by atoms with Crippen LogP contribution in [-0.4, -0.2) is 31.2 Å². The lowest BCUT2D eigenvalue weighted by Crippen LogP contribution is -2.44. The molecular weight excluding hydrogens is 246 g/mol. The predicted molar refractivity (Wildman–Crippen MR) is 72.0 cm³/mol. The number of pyridine rings is 1. The smallest absolute Gasteiger partial charge is 0.234 e. The summed E-state index contributed by atoms with van der Waals surface area (Å²) in [5.74, 6) is 0.893. The average Bonchev–Trinajstić information content (AvgIpc) is 2.37. The molecule has 1 rings (SSSR count). The number of nitrogens with two attached hydrogens (primary N) is 1. The summed E-state index contributed by atoms with van der Waals surface area (Å²) in [6, 6.07) is 1.31. The molecule has 1 unspecified atom stereocenters. The monoisotopic (exact) mass is 267 g/mol. The van der Waals surface area contributed by atoms with Crippen LogP contribution in [0.15, 0.2) is 12.3 Å². The van der Waals surface area contributed by atoms with Gasteiger partial charge < -0.3 is 15.2 Å². The Balaban J connectivity index is 2.85. The van der Waals surface area contributed by atoms with Crippen LogP contribution in [0.5, 0.6) is 11.5 Å². The molecule has 1 amide bonds. The molecule has 0 aliphatic heterocycles. The summed E-state index contributed by atoms with van der Waals surface area (Å²) in [7, 11) is 3.12. The number of amides is 1. The van der Waals surface area contributed by atoms with Crippen molar-refractivity contribution in [2.75, 3.05) is 14.2 Å². The van der Waals surface area contributed by atoms with E-state index in [-0.39, 0.29) is 11.8 Å². The van der Waals surface area contributed by atoms with Crippen molar-refractivity contribution >= 4 is 5.91 Å². The van der Waals surface area contributed by atoms with Crippen LogP contribution in [-0.2, 0) is 11.3 Å². The van der Waals surface area contributed by atoms with Gasteiger partial charge >= 0.3 is 0 Å². The largest absolute Gasteiger partial charge is 0.493 e. The molecule has 1 aromatic heterocycles. The van der Waals surface area contributed by atoms with E-state index in [0.29, 0.717) is 23.7 Å². The van der Waals surface area contributed by atoms with Gasteiger partial charge in [0.25, 0.3) is 0 Å². The van der Waals surface area contributed by atoms with Gasteiger partial charge in [0.15, 0.2) is 11.5 Å². The van der Waals surface area contributed by atoms with Gasteiger partial charge in [0.1, 0.15) is 0 Å². The summed E-state index contributed by atoms with van der Waals surface area (Å²) in [6.07, 6.45) is 1.63. The molecule has 0 bridgehead atoms. The van der Waals surface area contributed by atoms with Gasteiger partial charge in [-0.05, 0) is 5.92 Å². The van der Waals surface area contributed by atoms with E-state index in [1.54, 1.807) is 26.5 Å². The van der Waals surface area contributed by atoms with E-state index in [1.807, 2.05) is 13.8 Å². The number of ether oxygens (including phenoxy) is 2. The van der Waals surface area contributed by atoms with Gasteiger partial charge in [0, 0.05) is 18.8 Å². The molecule has 0 aromatic carbocycles. The maximum Gasteiger partial charge on any atom is 0.234 e. The van der Waals surface area contributed by atoms with E-state index in [0.717, 1.165) is 0 Å². The maximum absolute atomic E-state index is 11.3. The molecule has 0 fully saturated rings. The van der Waals surface area contributed by atoms with Crippen LogP contribution in [0, 0.1) is 5.92 Å². The van der Waals surface area contributed by atoms with Crippen LogP contribution in [0.25, 0.3) is 0 Å². The highest BCUT2D eigenvalue weighted by Crippen LogP contribution is 2.28. The number of aromatic nitrogens is 1. The van der Waals surface area contributed by atoms with Gasteiger partial charge in [0.05, 0.1) is 26.0 Å². The lowest BCUT2D eigenvalue weighted by molar-refractivity contribution is -0.121. The molecule has 0 spiro atoms. The molecule has 19 heavy (non-hydrogen) atoms. The number of methoxy groups -OCH3 is 2. The highest BCUT2D eigenvalue weighted by atomic mass is 16.5. The van der Waals surface area contributed by atoms with Crippen LogP contribution in [0.4, 0.5) is 0 Å². The number of nitrogens with one attached hydrogen (secondary N) is 1. The average molecular weight is 267 g/mol. The van der Waals surface area contributed by atoms with Crippen molar-refractivity contribution < 1.29 is 14.3 Å². The van der Waals surface area contributed by atoms with Gasteiger partial charge in [-0.1, -0.05) is 13.8 Å².